The van der Waals surface area contributed by atoms with E-state index in [1.165, 1.54) is 0 Å². The minimum atomic E-state index is -0.556. The zero-order valence-corrected chi connectivity index (χ0v) is 9.39. The predicted molar refractivity (Wildman–Crippen MR) is 56.4 cm³/mol. The number of aliphatic hydroxyl groups excluding tert-OH is 1. The van der Waals surface area contributed by atoms with Gasteiger partial charge in [-0.1, -0.05) is 18.6 Å². The molecule has 1 aromatic rings. The van der Waals surface area contributed by atoms with E-state index >= 15 is 0 Å². The van der Waals surface area contributed by atoms with Crippen molar-refractivity contribution in [3.05, 3.63) is 11.9 Å². The maximum Gasteiger partial charge on any atom is 0.111 e. The van der Waals surface area contributed by atoms with E-state index in [1.807, 2.05) is 0 Å². The second-order valence-corrected chi connectivity index (χ2v) is 3.55. The van der Waals surface area contributed by atoms with Crippen molar-refractivity contribution < 1.29 is 9.84 Å². The molecule has 5 heteroatoms. The molecule has 1 heterocycles. The fourth-order valence-electron chi connectivity index (χ4n) is 1.12. The Hall–Kier alpha value is -0.940. The first-order chi connectivity index (χ1) is 7.24. The van der Waals surface area contributed by atoms with Crippen LogP contribution < -0.4 is 0 Å². The van der Waals surface area contributed by atoms with Crippen molar-refractivity contribution in [2.75, 3.05) is 13.2 Å². The van der Waals surface area contributed by atoms with Crippen molar-refractivity contribution in [3.63, 3.8) is 0 Å². The number of unbranched alkanes of at least 4 members (excludes halogenated alkanes) is 1. The molecule has 1 N–H and O–H groups in total. The lowest BCUT2D eigenvalue weighted by Gasteiger charge is -2.02. The molecule has 5 nitrogen and oxygen atoms in total. The highest BCUT2D eigenvalue weighted by atomic mass is 16.5. The second kappa shape index (κ2) is 6.53. The molecule has 0 aliphatic heterocycles. The van der Waals surface area contributed by atoms with Crippen LogP contribution in [0.15, 0.2) is 6.20 Å². The van der Waals surface area contributed by atoms with Gasteiger partial charge in [-0.05, 0) is 13.3 Å². The molecule has 0 radical (unpaired) electrons. The summed E-state index contributed by atoms with van der Waals surface area (Å²) in [6.07, 6.45) is 3.43. The molecule has 86 valence electrons. The van der Waals surface area contributed by atoms with Gasteiger partial charge >= 0.3 is 0 Å². The summed E-state index contributed by atoms with van der Waals surface area (Å²) in [5.74, 6) is 0. The maximum absolute atomic E-state index is 9.23. The average Bonchev–Trinajstić information content (AvgIpc) is 2.66. The minimum absolute atomic E-state index is 0.556. The monoisotopic (exact) mass is 213 g/mol. The fraction of sp³-hybridized carbons (Fsp3) is 0.800. The van der Waals surface area contributed by atoms with Crippen LogP contribution in [0.3, 0.4) is 0 Å². The zero-order valence-electron chi connectivity index (χ0n) is 9.39. The molecular weight excluding hydrogens is 194 g/mol. The van der Waals surface area contributed by atoms with Gasteiger partial charge in [-0.15, -0.1) is 5.10 Å². The molecular formula is C10H19N3O2. The van der Waals surface area contributed by atoms with Gasteiger partial charge in [-0.3, -0.25) is 0 Å². The second-order valence-electron chi connectivity index (χ2n) is 3.55. The third kappa shape index (κ3) is 4.40. The Morgan fingerprint density at radius 3 is 2.93 bits per heavy atom. The van der Waals surface area contributed by atoms with Gasteiger partial charge in [0.15, 0.2) is 0 Å². The first-order valence-corrected chi connectivity index (χ1v) is 5.40. The van der Waals surface area contributed by atoms with Crippen molar-refractivity contribution in [1.29, 1.82) is 0 Å². The van der Waals surface area contributed by atoms with Crippen LogP contribution in [0.5, 0.6) is 0 Å². The Morgan fingerprint density at radius 1 is 1.53 bits per heavy atom. The number of aromatic nitrogens is 3. The van der Waals surface area contributed by atoms with Crippen LogP contribution in [0.2, 0.25) is 0 Å². The summed E-state index contributed by atoms with van der Waals surface area (Å²) in [6, 6.07) is 0. The number of aliphatic hydroxyl groups is 1. The first-order valence-electron chi connectivity index (χ1n) is 5.40. The van der Waals surface area contributed by atoms with Gasteiger partial charge in [0.05, 0.1) is 25.5 Å². The molecule has 0 aliphatic carbocycles. The van der Waals surface area contributed by atoms with E-state index in [9.17, 15) is 5.11 Å². The van der Waals surface area contributed by atoms with Crippen LogP contribution in [0.4, 0.5) is 0 Å². The van der Waals surface area contributed by atoms with E-state index in [1.54, 1.807) is 17.8 Å². The van der Waals surface area contributed by atoms with Crippen LogP contribution in [-0.4, -0.2) is 33.3 Å². The molecule has 0 spiro atoms. The maximum atomic E-state index is 9.23. The first kappa shape index (κ1) is 12.1. The van der Waals surface area contributed by atoms with Gasteiger partial charge in [0.1, 0.15) is 5.69 Å². The van der Waals surface area contributed by atoms with E-state index < -0.39 is 6.10 Å². The molecule has 1 unspecified atom stereocenters. The summed E-state index contributed by atoms with van der Waals surface area (Å²) in [5, 5.41) is 17.0. The van der Waals surface area contributed by atoms with Crippen LogP contribution >= 0.6 is 0 Å². The largest absolute Gasteiger partial charge is 0.387 e. The lowest BCUT2D eigenvalue weighted by Crippen LogP contribution is -2.07. The molecule has 1 aromatic heterocycles. The molecule has 0 bridgehead atoms. The van der Waals surface area contributed by atoms with E-state index in [0.717, 1.165) is 19.4 Å². The lowest BCUT2D eigenvalue weighted by molar-refractivity contribution is 0.120. The average molecular weight is 213 g/mol. The Balaban J connectivity index is 2.20. The molecule has 1 atom stereocenters. The van der Waals surface area contributed by atoms with Crippen LogP contribution in [0.1, 0.15) is 38.5 Å². The quantitative estimate of drug-likeness (QED) is 0.690. The number of ether oxygens (including phenoxy) is 1. The van der Waals surface area contributed by atoms with Gasteiger partial charge in [0.25, 0.3) is 0 Å². The summed E-state index contributed by atoms with van der Waals surface area (Å²) < 4.78 is 7.09. The fourth-order valence-corrected chi connectivity index (χ4v) is 1.12. The van der Waals surface area contributed by atoms with Crippen molar-refractivity contribution in [3.8, 4) is 0 Å². The van der Waals surface area contributed by atoms with E-state index in [0.29, 0.717) is 18.8 Å². The minimum Gasteiger partial charge on any atom is -0.387 e. The third-order valence-electron chi connectivity index (χ3n) is 2.09. The Kier molecular flexibility index (Phi) is 5.28. The highest BCUT2D eigenvalue weighted by Gasteiger charge is 2.05. The number of hydrogen-bond donors (Lipinski definition) is 1. The van der Waals surface area contributed by atoms with Gasteiger partial charge < -0.3 is 9.84 Å². The highest BCUT2D eigenvalue weighted by molar-refractivity contribution is 4.95. The van der Waals surface area contributed by atoms with Crippen LogP contribution in [0, 0.1) is 0 Å². The Labute approximate surface area is 90.1 Å². The molecule has 0 saturated carbocycles. The summed E-state index contributed by atoms with van der Waals surface area (Å²) >= 11 is 0. The predicted octanol–water partition coefficient (Wildman–Crippen LogP) is 1.15. The summed E-state index contributed by atoms with van der Waals surface area (Å²) in [6.45, 7) is 5.93. The molecule has 0 saturated heterocycles. The summed E-state index contributed by atoms with van der Waals surface area (Å²) in [5.41, 5.74) is 0.601. The highest BCUT2D eigenvalue weighted by Crippen LogP contribution is 2.05. The number of nitrogens with zero attached hydrogens (tertiary/aromatic N) is 3. The van der Waals surface area contributed by atoms with Gasteiger partial charge in [-0.25, -0.2) is 4.68 Å². The number of rotatable bonds is 7. The van der Waals surface area contributed by atoms with Gasteiger partial charge in [0, 0.05) is 6.61 Å². The van der Waals surface area contributed by atoms with E-state index in [4.69, 9.17) is 4.74 Å². The number of hydrogen-bond acceptors (Lipinski definition) is 4. The molecule has 15 heavy (non-hydrogen) atoms. The Morgan fingerprint density at radius 2 is 2.33 bits per heavy atom. The Bertz CT molecular complexity index is 273. The third-order valence-corrected chi connectivity index (χ3v) is 2.09. The summed E-state index contributed by atoms with van der Waals surface area (Å²) in [7, 11) is 0. The molecule has 0 aliphatic rings. The van der Waals surface area contributed by atoms with Crippen molar-refractivity contribution in [2.45, 2.75) is 39.3 Å². The van der Waals surface area contributed by atoms with Crippen molar-refractivity contribution in [1.82, 2.24) is 15.0 Å². The van der Waals surface area contributed by atoms with E-state index in [-0.39, 0.29) is 0 Å². The van der Waals surface area contributed by atoms with Gasteiger partial charge in [-0.2, -0.15) is 0 Å². The van der Waals surface area contributed by atoms with Crippen molar-refractivity contribution in [2.24, 2.45) is 0 Å². The SMILES string of the molecule is CCCCOCCn1cc(C(C)O)nn1. The lowest BCUT2D eigenvalue weighted by atomic mass is 10.3. The topological polar surface area (TPSA) is 60.2 Å². The van der Waals surface area contributed by atoms with E-state index in [2.05, 4.69) is 17.2 Å². The zero-order chi connectivity index (χ0) is 11.1. The smallest absolute Gasteiger partial charge is 0.111 e. The molecule has 0 amide bonds. The van der Waals surface area contributed by atoms with Crippen molar-refractivity contribution >= 4 is 0 Å². The molecule has 1 rings (SSSR count). The molecule has 0 aromatic carbocycles. The van der Waals surface area contributed by atoms with Crippen LogP contribution in [-0.2, 0) is 11.3 Å². The molecule has 0 fully saturated rings. The standard InChI is InChI=1S/C10H19N3O2/c1-3-4-6-15-7-5-13-8-10(9(2)14)11-12-13/h8-9,14H,3-7H2,1-2H3. The summed E-state index contributed by atoms with van der Waals surface area (Å²) in [4.78, 5) is 0. The normalized spacial score (nSPS) is 13.0. The van der Waals surface area contributed by atoms with Crippen LogP contribution in [0.25, 0.3) is 0 Å². The van der Waals surface area contributed by atoms with Gasteiger partial charge in [0.2, 0.25) is 0 Å².